The summed E-state index contributed by atoms with van der Waals surface area (Å²) in [5.41, 5.74) is -1.61. The fraction of sp³-hybridized carbons (Fsp3) is 0.238. The van der Waals surface area contributed by atoms with E-state index in [2.05, 4.69) is 4.99 Å². The molecule has 0 bridgehead atoms. The Morgan fingerprint density at radius 1 is 1.21 bits per heavy atom. The molecular formula is C21H15F3N2O3. The highest BCUT2D eigenvalue weighted by molar-refractivity contribution is 6.28. The first-order valence-electron chi connectivity index (χ1n) is 9.01. The van der Waals surface area contributed by atoms with Gasteiger partial charge >= 0.3 is 6.18 Å². The molecule has 3 aromatic rings. The minimum atomic E-state index is -4.56. The van der Waals surface area contributed by atoms with Gasteiger partial charge in [0.15, 0.2) is 5.60 Å². The van der Waals surface area contributed by atoms with Gasteiger partial charge in [-0.1, -0.05) is 0 Å². The monoisotopic (exact) mass is 400 g/mol. The van der Waals surface area contributed by atoms with Crippen molar-refractivity contribution in [1.82, 2.24) is 0 Å². The number of aryl methyl sites for hydroxylation is 1. The molecule has 1 fully saturated rings. The highest BCUT2D eigenvalue weighted by Crippen LogP contribution is 2.43. The predicted molar refractivity (Wildman–Crippen MR) is 101 cm³/mol. The Kier molecular flexibility index (Phi) is 3.52. The van der Waals surface area contributed by atoms with Crippen LogP contribution in [0.2, 0.25) is 0 Å². The van der Waals surface area contributed by atoms with E-state index < -0.39 is 23.1 Å². The number of fused-ring (bicyclic) bond motifs is 3. The number of alkyl halides is 3. The molecule has 0 amide bonds. The van der Waals surface area contributed by atoms with Crippen LogP contribution in [0.3, 0.4) is 0 Å². The van der Waals surface area contributed by atoms with Gasteiger partial charge in [0.25, 0.3) is 0 Å². The molecule has 1 saturated heterocycles. The van der Waals surface area contributed by atoms with E-state index in [4.69, 9.17) is 4.42 Å². The molecule has 3 heterocycles. The van der Waals surface area contributed by atoms with E-state index in [-0.39, 0.29) is 29.1 Å². The highest BCUT2D eigenvalue weighted by atomic mass is 19.4. The Hall–Kier alpha value is -3.13. The number of ketones is 1. The summed E-state index contributed by atoms with van der Waals surface area (Å²) < 4.78 is 45.3. The van der Waals surface area contributed by atoms with Crippen LogP contribution in [0.25, 0.3) is 11.0 Å². The lowest BCUT2D eigenvalue weighted by molar-refractivity contribution is -0.138. The minimum Gasteiger partial charge on any atom is -0.464 e. The van der Waals surface area contributed by atoms with Crippen molar-refractivity contribution in [2.24, 2.45) is 4.99 Å². The third-order valence-corrected chi connectivity index (χ3v) is 5.57. The number of amidine groups is 1. The predicted octanol–water partition coefficient (Wildman–Crippen LogP) is 4.63. The second kappa shape index (κ2) is 5.70. The van der Waals surface area contributed by atoms with Gasteiger partial charge in [0, 0.05) is 35.7 Å². The number of furan rings is 1. The molecule has 5 rings (SSSR count). The molecule has 8 heteroatoms. The standard InChI is InChI=1S/C21H15F3N2O3/c1-11-8-14-16(10-15(11)21(22,23)24)25-19-20(28,18(14)27)5-6-26(19)13-3-2-12-4-7-29-17(12)9-13/h2-4,7-10,28H,5-6H2,1H3. The quantitative estimate of drug-likeness (QED) is 0.647. The van der Waals surface area contributed by atoms with Crippen LogP contribution in [0, 0.1) is 6.92 Å². The molecule has 1 aromatic heterocycles. The van der Waals surface area contributed by atoms with Gasteiger partial charge < -0.3 is 14.4 Å². The van der Waals surface area contributed by atoms with Crippen LogP contribution in [-0.2, 0) is 6.18 Å². The average molecular weight is 400 g/mol. The van der Waals surface area contributed by atoms with Gasteiger partial charge in [-0.05, 0) is 42.8 Å². The summed E-state index contributed by atoms with van der Waals surface area (Å²) in [5, 5.41) is 12.0. The van der Waals surface area contributed by atoms with Gasteiger partial charge in [-0.25, -0.2) is 4.99 Å². The molecule has 0 spiro atoms. The van der Waals surface area contributed by atoms with Crippen LogP contribution in [0.4, 0.5) is 24.5 Å². The van der Waals surface area contributed by atoms with Crippen molar-refractivity contribution in [3.63, 3.8) is 0 Å². The number of benzene rings is 2. The fourth-order valence-electron chi connectivity index (χ4n) is 4.06. The molecule has 148 valence electrons. The third kappa shape index (κ3) is 2.52. The van der Waals surface area contributed by atoms with Crippen molar-refractivity contribution >= 4 is 34.0 Å². The Morgan fingerprint density at radius 2 is 2.00 bits per heavy atom. The van der Waals surface area contributed by atoms with E-state index in [1.54, 1.807) is 29.4 Å². The Labute approximate surface area is 163 Å². The van der Waals surface area contributed by atoms with E-state index >= 15 is 0 Å². The number of carbonyl (C=O) groups excluding carboxylic acids is 1. The zero-order valence-electron chi connectivity index (χ0n) is 15.2. The van der Waals surface area contributed by atoms with Crippen molar-refractivity contribution < 1.29 is 27.5 Å². The van der Waals surface area contributed by atoms with Crippen LogP contribution in [-0.4, -0.2) is 28.9 Å². The first kappa shape index (κ1) is 17.9. The topological polar surface area (TPSA) is 66.0 Å². The van der Waals surface area contributed by atoms with Crippen LogP contribution in [0.1, 0.15) is 27.9 Å². The molecule has 1 N–H and O–H groups in total. The van der Waals surface area contributed by atoms with E-state index in [0.717, 1.165) is 17.5 Å². The molecule has 0 radical (unpaired) electrons. The SMILES string of the molecule is Cc1cc2c(cc1C(F)(F)F)N=C1N(c3ccc4ccoc4c3)CCC1(O)C2=O. The lowest BCUT2D eigenvalue weighted by Gasteiger charge is -2.30. The second-order valence-corrected chi connectivity index (χ2v) is 7.35. The summed E-state index contributed by atoms with van der Waals surface area (Å²) in [6, 6.07) is 9.22. The van der Waals surface area contributed by atoms with Crippen molar-refractivity contribution in [3.05, 3.63) is 59.4 Å². The Morgan fingerprint density at radius 3 is 2.76 bits per heavy atom. The number of carbonyl (C=O) groups is 1. The average Bonchev–Trinajstić information content (AvgIpc) is 3.26. The molecule has 2 aliphatic heterocycles. The zero-order valence-corrected chi connectivity index (χ0v) is 15.2. The van der Waals surface area contributed by atoms with Gasteiger partial charge in [-0.3, -0.25) is 4.79 Å². The maximum Gasteiger partial charge on any atom is 0.416 e. The molecule has 0 aliphatic carbocycles. The van der Waals surface area contributed by atoms with Crippen LogP contribution in [0.5, 0.6) is 0 Å². The first-order chi connectivity index (χ1) is 13.7. The maximum atomic E-state index is 13.3. The Balaban J connectivity index is 1.67. The van der Waals surface area contributed by atoms with Crippen molar-refractivity contribution in [2.75, 3.05) is 11.4 Å². The van der Waals surface area contributed by atoms with Gasteiger partial charge in [-0.15, -0.1) is 0 Å². The molecule has 0 saturated carbocycles. The summed E-state index contributed by atoms with van der Waals surface area (Å²) in [5.74, 6) is -0.589. The summed E-state index contributed by atoms with van der Waals surface area (Å²) in [6.45, 7) is 1.59. The van der Waals surface area contributed by atoms with Crippen LogP contribution in [0.15, 0.2) is 52.1 Å². The van der Waals surface area contributed by atoms with E-state index in [1.165, 1.54) is 6.92 Å². The normalized spacial score (nSPS) is 21.3. The summed E-state index contributed by atoms with van der Waals surface area (Å²) in [7, 11) is 0. The van der Waals surface area contributed by atoms with Crippen molar-refractivity contribution in [2.45, 2.75) is 25.1 Å². The number of aliphatic hydroxyl groups is 1. The number of Topliss-reactive ketones (excluding diaryl/α,β-unsaturated/α-hetero) is 1. The van der Waals surface area contributed by atoms with Gasteiger partial charge in [-0.2, -0.15) is 13.2 Å². The first-order valence-corrected chi connectivity index (χ1v) is 9.01. The van der Waals surface area contributed by atoms with Crippen LogP contribution >= 0.6 is 0 Å². The van der Waals surface area contributed by atoms with Gasteiger partial charge in [0.2, 0.25) is 5.78 Å². The molecule has 5 nitrogen and oxygen atoms in total. The second-order valence-electron chi connectivity index (χ2n) is 7.35. The van der Waals surface area contributed by atoms with E-state index in [9.17, 15) is 23.1 Å². The third-order valence-electron chi connectivity index (χ3n) is 5.57. The molecule has 1 unspecified atom stereocenters. The summed E-state index contributed by atoms with van der Waals surface area (Å²) >= 11 is 0. The molecule has 2 aromatic carbocycles. The fourth-order valence-corrected chi connectivity index (χ4v) is 4.06. The minimum absolute atomic E-state index is 0.00471. The number of rotatable bonds is 1. The highest BCUT2D eigenvalue weighted by Gasteiger charge is 2.52. The largest absolute Gasteiger partial charge is 0.464 e. The van der Waals surface area contributed by atoms with Crippen molar-refractivity contribution in [1.29, 1.82) is 0 Å². The number of aliphatic imine (C=N–C) groups is 1. The maximum absolute atomic E-state index is 13.3. The molecular weight excluding hydrogens is 385 g/mol. The molecule has 29 heavy (non-hydrogen) atoms. The zero-order chi connectivity index (χ0) is 20.6. The lowest BCUT2D eigenvalue weighted by Crippen LogP contribution is -2.48. The number of halogens is 3. The number of anilines is 1. The molecule has 2 aliphatic rings. The van der Waals surface area contributed by atoms with Crippen LogP contribution < -0.4 is 4.90 Å². The van der Waals surface area contributed by atoms with E-state index in [1.807, 2.05) is 6.07 Å². The Bertz CT molecular complexity index is 1210. The molecule has 1 atom stereocenters. The smallest absolute Gasteiger partial charge is 0.416 e. The number of hydrogen-bond donors (Lipinski definition) is 1. The number of hydrogen-bond acceptors (Lipinski definition) is 5. The number of nitrogens with zero attached hydrogens (tertiary/aromatic N) is 2. The van der Waals surface area contributed by atoms with Crippen molar-refractivity contribution in [3.8, 4) is 0 Å². The van der Waals surface area contributed by atoms with Gasteiger partial charge in [0.1, 0.15) is 11.4 Å². The van der Waals surface area contributed by atoms with Gasteiger partial charge in [0.05, 0.1) is 17.5 Å². The summed E-state index contributed by atoms with van der Waals surface area (Å²) in [4.78, 5) is 19.0. The van der Waals surface area contributed by atoms with E-state index in [0.29, 0.717) is 17.8 Å². The lowest BCUT2D eigenvalue weighted by atomic mass is 9.86. The summed E-state index contributed by atoms with van der Waals surface area (Å²) in [6.07, 6.45) is -2.91.